The van der Waals surface area contributed by atoms with Crippen LogP contribution in [0.3, 0.4) is 0 Å². The summed E-state index contributed by atoms with van der Waals surface area (Å²) in [7, 11) is 0. The van der Waals surface area contributed by atoms with Crippen LogP contribution < -0.4 is 0 Å². The van der Waals surface area contributed by atoms with Crippen LogP contribution in [0.15, 0.2) is 42.5 Å². The molecule has 0 saturated heterocycles. The van der Waals surface area contributed by atoms with Gasteiger partial charge in [0.25, 0.3) is 0 Å². The summed E-state index contributed by atoms with van der Waals surface area (Å²) >= 11 is 0. The number of allylic oxidation sites excluding steroid dienone is 4. The molecule has 0 radical (unpaired) electrons. The molecule has 14 heavy (non-hydrogen) atoms. The fourth-order valence-electron chi connectivity index (χ4n) is 1.22. The van der Waals surface area contributed by atoms with Crippen LogP contribution in [0.2, 0.25) is 0 Å². The molecule has 0 aromatic heterocycles. The summed E-state index contributed by atoms with van der Waals surface area (Å²) in [4.78, 5) is 0. The van der Waals surface area contributed by atoms with Crippen molar-refractivity contribution in [2.75, 3.05) is 0 Å². The number of rotatable bonds is 1. The van der Waals surface area contributed by atoms with E-state index in [0.29, 0.717) is 0 Å². The molecule has 0 bridgehead atoms. The van der Waals surface area contributed by atoms with Gasteiger partial charge in [-0.2, -0.15) is 17.7 Å². The molecule has 3 heteroatoms. The summed E-state index contributed by atoms with van der Waals surface area (Å²) in [5.41, 5.74) is 2.49. The first-order valence-electron chi connectivity index (χ1n) is 3.79. The third-order valence-electron chi connectivity index (χ3n) is 1.78. The van der Waals surface area contributed by atoms with Crippen molar-refractivity contribution in [2.45, 2.75) is 6.42 Å². The van der Waals surface area contributed by atoms with E-state index in [-0.39, 0.29) is 51.0 Å². The Balaban J connectivity index is 0. The van der Waals surface area contributed by atoms with Gasteiger partial charge in [0.05, 0.1) is 0 Å². The van der Waals surface area contributed by atoms with Crippen LogP contribution in [-0.2, 0) is 26.2 Å². The number of hydrogen-bond acceptors (Lipinski definition) is 0. The standard InChI is InChI=1S/C11H9.2ClH.Zr/c1-2-6-10(7-3-1)11-8-4-5-9-11;;;/h1-4,6-8H,5H2;2*1H;/q-1;;;. The van der Waals surface area contributed by atoms with Crippen molar-refractivity contribution in [1.29, 1.82) is 0 Å². The SMILES string of the molecule is Cl.Cl.[C-]1=C(c2ccccc2)C=CC1.[Zr]. The van der Waals surface area contributed by atoms with Crippen LogP contribution in [0.4, 0.5) is 0 Å². The number of hydrogen-bond donors (Lipinski definition) is 0. The van der Waals surface area contributed by atoms with E-state index in [1.54, 1.807) is 0 Å². The molecule has 0 spiro atoms. The fraction of sp³-hybridized carbons (Fsp3) is 0.0909. The number of halogens is 2. The third-order valence-corrected chi connectivity index (χ3v) is 1.78. The zero-order valence-electron chi connectivity index (χ0n) is 7.57. The molecule has 1 aromatic rings. The van der Waals surface area contributed by atoms with Crippen molar-refractivity contribution in [3.8, 4) is 0 Å². The van der Waals surface area contributed by atoms with E-state index in [2.05, 4.69) is 42.5 Å². The van der Waals surface area contributed by atoms with Gasteiger partial charge in [-0.05, 0) is 0 Å². The minimum atomic E-state index is 0. The molecular formula is C11H11Cl2Zr-. The van der Waals surface area contributed by atoms with Gasteiger partial charge < -0.3 is 0 Å². The Morgan fingerprint density at radius 3 is 2.14 bits per heavy atom. The monoisotopic (exact) mass is 303 g/mol. The van der Waals surface area contributed by atoms with Crippen LogP contribution in [0, 0.1) is 6.08 Å². The molecule has 1 aromatic carbocycles. The first-order valence-corrected chi connectivity index (χ1v) is 3.79. The Morgan fingerprint density at radius 2 is 1.64 bits per heavy atom. The van der Waals surface area contributed by atoms with E-state index in [1.807, 2.05) is 6.07 Å². The Morgan fingerprint density at radius 1 is 1.00 bits per heavy atom. The minimum absolute atomic E-state index is 0. The van der Waals surface area contributed by atoms with Gasteiger partial charge in [-0.25, -0.2) is 0 Å². The van der Waals surface area contributed by atoms with Gasteiger partial charge in [-0.15, -0.1) is 48.6 Å². The summed E-state index contributed by atoms with van der Waals surface area (Å²) in [6.07, 6.45) is 8.49. The molecule has 0 saturated carbocycles. The number of benzene rings is 1. The van der Waals surface area contributed by atoms with Crippen LogP contribution in [0.1, 0.15) is 12.0 Å². The molecule has 1 aliphatic rings. The van der Waals surface area contributed by atoms with Crippen LogP contribution >= 0.6 is 24.8 Å². The molecule has 1 aliphatic carbocycles. The van der Waals surface area contributed by atoms with Crippen molar-refractivity contribution in [3.05, 3.63) is 54.1 Å². The van der Waals surface area contributed by atoms with Gasteiger partial charge in [0.15, 0.2) is 0 Å². The van der Waals surface area contributed by atoms with Gasteiger partial charge in [-0.3, -0.25) is 0 Å². The van der Waals surface area contributed by atoms with Crippen molar-refractivity contribution in [2.24, 2.45) is 0 Å². The first-order chi connectivity index (χ1) is 5.47. The third kappa shape index (κ3) is 4.13. The molecule has 0 atom stereocenters. The summed E-state index contributed by atoms with van der Waals surface area (Å²) in [6, 6.07) is 10.4. The van der Waals surface area contributed by atoms with Gasteiger partial charge in [-0.1, -0.05) is 24.6 Å². The van der Waals surface area contributed by atoms with E-state index in [4.69, 9.17) is 0 Å². The van der Waals surface area contributed by atoms with Crippen molar-refractivity contribution in [3.63, 3.8) is 0 Å². The van der Waals surface area contributed by atoms with E-state index < -0.39 is 0 Å². The fourth-order valence-corrected chi connectivity index (χ4v) is 1.22. The zero-order chi connectivity index (χ0) is 7.52. The molecule has 2 rings (SSSR count). The minimum Gasteiger partial charge on any atom is -0.197 e. The van der Waals surface area contributed by atoms with E-state index in [1.165, 1.54) is 11.1 Å². The average molecular weight is 305 g/mol. The molecule has 0 heterocycles. The van der Waals surface area contributed by atoms with E-state index in [9.17, 15) is 0 Å². The van der Waals surface area contributed by atoms with E-state index in [0.717, 1.165) is 6.42 Å². The molecule has 0 unspecified atom stereocenters. The smallest absolute Gasteiger partial charge is 0 e. The Labute approximate surface area is 116 Å². The molecular weight excluding hydrogens is 294 g/mol. The first kappa shape index (κ1) is 16.6. The Bertz CT molecular complexity index is 304. The summed E-state index contributed by atoms with van der Waals surface area (Å²) in [6.45, 7) is 0. The maximum absolute atomic E-state index is 3.28. The predicted octanol–water partition coefficient (Wildman–Crippen LogP) is 3.67. The van der Waals surface area contributed by atoms with Gasteiger partial charge >= 0.3 is 0 Å². The zero-order valence-corrected chi connectivity index (χ0v) is 11.7. The molecule has 0 amide bonds. The average Bonchev–Trinajstić information content (AvgIpc) is 2.58. The quantitative estimate of drug-likeness (QED) is 0.694. The largest absolute Gasteiger partial charge is 0.197 e. The van der Waals surface area contributed by atoms with Crippen molar-refractivity contribution < 1.29 is 26.2 Å². The van der Waals surface area contributed by atoms with Crippen LogP contribution in [-0.4, -0.2) is 0 Å². The summed E-state index contributed by atoms with van der Waals surface area (Å²) in [5, 5.41) is 0. The second kappa shape index (κ2) is 8.47. The predicted molar refractivity (Wildman–Crippen MR) is 61.3 cm³/mol. The van der Waals surface area contributed by atoms with E-state index >= 15 is 0 Å². The molecule has 0 aliphatic heterocycles. The van der Waals surface area contributed by atoms with Crippen molar-refractivity contribution >= 4 is 30.4 Å². The van der Waals surface area contributed by atoms with Crippen LogP contribution in [0.25, 0.3) is 5.57 Å². The van der Waals surface area contributed by atoms with Gasteiger partial charge in [0.2, 0.25) is 0 Å². The topological polar surface area (TPSA) is 0 Å². The molecule has 0 nitrogen and oxygen atoms in total. The maximum atomic E-state index is 3.28. The Kier molecular flexibility index (Phi) is 10.0. The second-order valence-corrected chi connectivity index (χ2v) is 2.56. The molecule has 74 valence electrons. The molecule has 0 N–H and O–H groups in total. The maximum Gasteiger partial charge on any atom is 0 e. The summed E-state index contributed by atoms with van der Waals surface area (Å²) < 4.78 is 0. The van der Waals surface area contributed by atoms with Crippen molar-refractivity contribution in [1.82, 2.24) is 0 Å². The Hall–Kier alpha value is 0.163. The van der Waals surface area contributed by atoms with Crippen LogP contribution in [0.5, 0.6) is 0 Å². The van der Waals surface area contributed by atoms with Gasteiger partial charge in [0, 0.05) is 26.2 Å². The van der Waals surface area contributed by atoms with Gasteiger partial charge in [0.1, 0.15) is 0 Å². The molecule has 0 fully saturated rings. The summed E-state index contributed by atoms with van der Waals surface area (Å²) in [5.74, 6) is 0. The normalized spacial score (nSPS) is 11.9. The second-order valence-electron chi connectivity index (χ2n) is 2.56.